The zero-order chi connectivity index (χ0) is 12.4. The molecule has 1 saturated heterocycles. The maximum absolute atomic E-state index is 13.2. The summed E-state index contributed by atoms with van der Waals surface area (Å²) in [4.78, 5) is 1.28. The van der Waals surface area contributed by atoms with Crippen molar-refractivity contribution in [3.63, 3.8) is 0 Å². The van der Waals surface area contributed by atoms with Crippen LogP contribution in [0.1, 0.15) is 26.3 Å². The van der Waals surface area contributed by atoms with Crippen LogP contribution in [0.5, 0.6) is 0 Å². The van der Waals surface area contributed by atoms with E-state index in [0.717, 1.165) is 12.2 Å². The van der Waals surface area contributed by atoms with Gasteiger partial charge in [-0.1, -0.05) is 0 Å². The maximum Gasteiger partial charge on any atom is 0.154 e. The van der Waals surface area contributed by atoms with Crippen LogP contribution in [0.25, 0.3) is 0 Å². The molecular weight excluding hydrogens is 219 g/mol. The normalized spacial score (nSPS) is 28.9. The van der Waals surface area contributed by atoms with Crippen LogP contribution in [0.15, 0.2) is 12.4 Å². The van der Waals surface area contributed by atoms with Crippen LogP contribution in [0.2, 0.25) is 0 Å². The summed E-state index contributed by atoms with van der Waals surface area (Å²) in [7, 11) is 2.06. The Kier molecular flexibility index (Phi) is 3.66. The van der Waals surface area contributed by atoms with Crippen molar-refractivity contribution in [2.24, 2.45) is 0 Å². The fourth-order valence-corrected chi connectivity index (χ4v) is 2.32. The Bertz CT molecular complexity index is 363. The summed E-state index contributed by atoms with van der Waals surface area (Å²) in [6.07, 6.45) is 3.86. The van der Waals surface area contributed by atoms with Crippen LogP contribution < -0.4 is 10.2 Å². The number of anilines is 1. The number of quaternary nitrogens is 1. The Morgan fingerprint density at radius 2 is 2.41 bits per heavy atom. The van der Waals surface area contributed by atoms with Gasteiger partial charge in [-0.25, -0.2) is 4.39 Å². The molecular formula is C12H22FN4+. The molecule has 0 radical (unpaired) electrons. The number of nitrogens with zero attached hydrogens (tertiary/aromatic N) is 2. The lowest BCUT2D eigenvalue weighted by molar-refractivity contribution is -0.891. The Hall–Kier alpha value is -1.10. The highest BCUT2D eigenvalue weighted by molar-refractivity contribution is 5.38. The number of nitrogens with one attached hydrogen (secondary N) is 2. The second-order valence-electron chi connectivity index (χ2n) is 5.26. The Balaban J connectivity index is 1.85. The highest BCUT2D eigenvalue weighted by Gasteiger charge is 2.32. The zero-order valence-electron chi connectivity index (χ0n) is 10.8. The first-order valence-electron chi connectivity index (χ1n) is 6.30. The fourth-order valence-electron chi connectivity index (χ4n) is 2.32. The standard InChI is InChI=1S/C12H21FN4/c1-9(2)17-8-11(5-15-17)14-6-12-4-10(13)7-16(12)3/h5,8-10,12,14H,4,6-7H2,1-3H3/p+1/t10-,12+/m1/s1. The summed E-state index contributed by atoms with van der Waals surface area (Å²) in [6.45, 7) is 5.65. The monoisotopic (exact) mass is 241 g/mol. The predicted molar refractivity (Wildman–Crippen MR) is 66.2 cm³/mol. The molecule has 0 amide bonds. The van der Waals surface area contributed by atoms with Gasteiger partial charge in [0.05, 0.1) is 25.5 Å². The first-order chi connectivity index (χ1) is 8.06. The Morgan fingerprint density at radius 3 is 2.94 bits per heavy atom. The minimum Gasteiger partial charge on any atom is -0.377 e. The van der Waals surface area contributed by atoms with Gasteiger partial charge in [-0.2, -0.15) is 5.10 Å². The molecule has 2 heterocycles. The number of aromatic nitrogens is 2. The van der Waals surface area contributed by atoms with Gasteiger partial charge in [-0.05, 0) is 13.8 Å². The Morgan fingerprint density at radius 1 is 1.65 bits per heavy atom. The smallest absolute Gasteiger partial charge is 0.154 e. The molecule has 1 aromatic rings. The largest absolute Gasteiger partial charge is 0.377 e. The predicted octanol–water partition coefficient (Wildman–Crippen LogP) is 0.501. The van der Waals surface area contributed by atoms with E-state index in [0.29, 0.717) is 25.0 Å². The van der Waals surface area contributed by atoms with Crippen molar-refractivity contribution in [1.82, 2.24) is 9.78 Å². The van der Waals surface area contributed by atoms with E-state index in [-0.39, 0.29) is 0 Å². The average molecular weight is 241 g/mol. The fraction of sp³-hybridized carbons (Fsp3) is 0.750. The summed E-state index contributed by atoms with van der Waals surface area (Å²) in [5.74, 6) is 0. The second-order valence-corrected chi connectivity index (χ2v) is 5.26. The van der Waals surface area contributed by atoms with Crippen LogP contribution in [-0.2, 0) is 0 Å². The number of likely N-dealkylation sites (tertiary alicyclic amines) is 1. The van der Waals surface area contributed by atoms with Gasteiger partial charge in [-0.3, -0.25) is 4.68 Å². The quantitative estimate of drug-likeness (QED) is 0.805. The number of halogens is 1. The molecule has 0 aromatic carbocycles. The molecule has 4 nitrogen and oxygen atoms in total. The average Bonchev–Trinajstić information content (AvgIpc) is 2.82. The molecule has 1 fully saturated rings. The van der Waals surface area contributed by atoms with E-state index in [1.54, 1.807) is 0 Å². The molecule has 1 aromatic heterocycles. The summed E-state index contributed by atoms with van der Waals surface area (Å²) in [5.41, 5.74) is 1.02. The molecule has 96 valence electrons. The number of hydrogen-bond donors (Lipinski definition) is 2. The first kappa shape index (κ1) is 12.4. The van der Waals surface area contributed by atoms with E-state index in [1.807, 2.05) is 17.1 Å². The van der Waals surface area contributed by atoms with Crippen LogP contribution >= 0.6 is 0 Å². The lowest BCUT2D eigenvalue weighted by atomic mass is 10.2. The van der Waals surface area contributed by atoms with Gasteiger partial charge in [0, 0.05) is 18.7 Å². The molecule has 0 bridgehead atoms. The van der Waals surface area contributed by atoms with Gasteiger partial charge in [0.25, 0.3) is 0 Å². The summed E-state index contributed by atoms with van der Waals surface area (Å²) >= 11 is 0. The summed E-state index contributed by atoms with van der Waals surface area (Å²) in [6, 6.07) is 0.743. The number of rotatable bonds is 4. The van der Waals surface area contributed by atoms with Crippen molar-refractivity contribution < 1.29 is 9.29 Å². The Labute approximate surface area is 102 Å². The summed E-state index contributed by atoms with van der Waals surface area (Å²) < 4.78 is 15.1. The van der Waals surface area contributed by atoms with Crippen molar-refractivity contribution in [2.75, 3.05) is 25.5 Å². The molecule has 0 saturated carbocycles. The third kappa shape index (κ3) is 2.97. The van der Waals surface area contributed by atoms with Crippen LogP contribution in [-0.4, -0.2) is 42.1 Å². The molecule has 1 aliphatic rings. The van der Waals surface area contributed by atoms with Gasteiger partial charge in [0.2, 0.25) is 0 Å². The molecule has 0 spiro atoms. The highest BCUT2D eigenvalue weighted by atomic mass is 19.1. The molecule has 2 rings (SSSR count). The van der Waals surface area contributed by atoms with Crippen molar-refractivity contribution in [3.8, 4) is 0 Å². The van der Waals surface area contributed by atoms with Crippen molar-refractivity contribution in [2.45, 2.75) is 38.5 Å². The third-order valence-corrected chi connectivity index (χ3v) is 3.46. The zero-order valence-corrected chi connectivity index (χ0v) is 10.8. The van der Waals surface area contributed by atoms with Gasteiger partial charge in [0.1, 0.15) is 12.6 Å². The second kappa shape index (κ2) is 5.04. The van der Waals surface area contributed by atoms with Crippen molar-refractivity contribution in [1.29, 1.82) is 0 Å². The molecule has 1 unspecified atom stereocenters. The summed E-state index contributed by atoms with van der Waals surface area (Å²) in [5, 5.41) is 7.61. The molecule has 17 heavy (non-hydrogen) atoms. The SMILES string of the molecule is CC(C)n1cc(NC[C@@H]2C[C@@H](F)C[NH+]2C)cn1. The van der Waals surface area contributed by atoms with Gasteiger partial charge in [0.15, 0.2) is 6.17 Å². The van der Waals surface area contributed by atoms with E-state index in [9.17, 15) is 4.39 Å². The van der Waals surface area contributed by atoms with E-state index in [1.165, 1.54) is 4.90 Å². The minimum absolute atomic E-state index is 0.368. The minimum atomic E-state index is -0.639. The molecule has 5 heteroatoms. The maximum atomic E-state index is 13.2. The van der Waals surface area contributed by atoms with Gasteiger partial charge in [-0.15, -0.1) is 0 Å². The third-order valence-electron chi connectivity index (χ3n) is 3.46. The van der Waals surface area contributed by atoms with Crippen molar-refractivity contribution in [3.05, 3.63) is 12.4 Å². The topological polar surface area (TPSA) is 34.3 Å². The van der Waals surface area contributed by atoms with E-state index >= 15 is 0 Å². The van der Waals surface area contributed by atoms with E-state index < -0.39 is 6.17 Å². The van der Waals surface area contributed by atoms with Crippen molar-refractivity contribution >= 4 is 5.69 Å². The number of alkyl halides is 1. The van der Waals surface area contributed by atoms with Crippen LogP contribution in [0.4, 0.5) is 10.1 Å². The first-order valence-corrected chi connectivity index (χ1v) is 6.30. The van der Waals surface area contributed by atoms with Gasteiger partial charge < -0.3 is 10.2 Å². The number of likely N-dealkylation sites (N-methyl/N-ethyl adjacent to an activating group) is 1. The molecule has 1 aliphatic heterocycles. The molecule has 2 N–H and O–H groups in total. The molecule has 3 atom stereocenters. The van der Waals surface area contributed by atoms with E-state index in [4.69, 9.17) is 0 Å². The van der Waals surface area contributed by atoms with E-state index in [2.05, 4.69) is 31.3 Å². The van der Waals surface area contributed by atoms with Gasteiger partial charge >= 0.3 is 0 Å². The molecule has 0 aliphatic carbocycles. The highest BCUT2D eigenvalue weighted by Crippen LogP contribution is 2.11. The van der Waals surface area contributed by atoms with Crippen LogP contribution in [0.3, 0.4) is 0 Å². The van der Waals surface area contributed by atoms with Crippen LogP contribution in [0, 0.1) is 0 Å². The lowest BCUT2D eigenvalue weighted by Gasteiger charge is -2.16. The number of hydrogen-bond acceptors (Lipinski definition) is 2. The lowest BCUT2D eigenvalue weighted by Crippen LogP contribution is -3.11.